The van der Waals surface area contributed by atoms with Crippen molar-refractivity contribution < 1.29 is 19.8 Å². The Hall–Kier alpha value is -1.06. The van der Waals surface area contributed by atoms with Gasteiger partial charge in [0.2, 0.25) is 0 Å². The number of rotatable bonds is 11. The second-order valence-electron chi connectivity index (χ2n) is 7.52. The van der Waals surface area contributed by atoms with Crippen molar-refractivity contribution in [2.45, 2.75) is 90.9 Å². The van der Waals surface area contributed by atoms with Gasteiger partial charge in [-0.2, -0.15) is 0 Å². The van der Waals surface area contributed by atoms with Gasteiger partial charge in [0, 0.05) is 0 Å². The number of unbranched alkanes of at least 4 members (excludes halogenated alkanes) is 5. The second-order valence-corrected chi connectivity index (χ2v) is 7.52. The molecule has 0 saturated heterocycles. The molecular formula is C20H36O4. The summed E-state index contributed by atoms with van der Waals surface area (Å²) in [5.41, 5.74) is 0. The van der Waals surface area contributed by atoms with Crippen LogP contribution in [0.25, 0.3) is 0 Å². The molecule has 0 spiro atoms. The first-order valence-electron chi connectivity index (χ1n) is 9.98. The molecule has 0 aromatic rings. The summed E-state index contributed by atoms with van der Waals surface area (Å²) in [5.74, 6) is -3.17. The Kier molecular flexibility index (Phi) is 10.0. The zero-order valence-corrected chi connectivity index (χ0v) is 15.5. The summed E-state index contributed by atoms with van der Waals surface area (Å²) in [6.07, 6.45) is 12.1. The normalized spacial score (nSPS) is 27.6. The minimum absolute atomic E-state index is 0.0239. The number of carbonyl (C=O) groups is 2. The Morgan fingerprint density at radius 1 is 0.750 bits per heavy atom. The summed E-state index contributed by atoms with van der Waals surface area (Å²) in [4.78, 5) is 23.9. The average Bonchev–Trinajstić information content (AvgIpc) is 2.71. The molecule has 1 rings (SSSR count). The molecule has 1 saturated carbocycles. The molecule has 0 heterocycles. The third-order valence-corrected chi connectivity index (χ3v) is 5.73. The lowest BCUT2D eigenvalue weighted by Gasteiger charge is -2.30. The van der Waals surface area contributed by atoms with Gasteiger partial charge in [0.05, 0.1) is 11.8 Å². The third kappa shape index (κ3) is 6.45. The average molecular weight is 341 g/mol. The van der Waals surface area contributed by atoms with Crippen LogP contribution >= 0.6 is 0 Å². The molecule has 1 fully saturated rings. The van der Waals surface area contributed by atoms with E-state index >= 15 is 0 Å². The summed E-state index contributed by atoms with van der Waals surface area (Å²) in [7, 11) is 0. The largest absolute Gasteiger partial charge is 0.481 e. The van der Waals surface area contributed by atoms with E-state index in [0.29, 0.717) is 0 Å². The maximum Gasteiger partial charge on any atom is 0.307 e. The van der Waals surface area contributed by atoms with Crippen molar-refractivity contribution in [3.05, 3.63) is 0 Å². The maximum atomic E-state index is 11.9. The predicted molar refractivity (Wildman–Crippen MR) is 96.0 cm³/mol. The van der Waals surface area contributed by atoms with Gasteiger partial charge in [-0.1, -0.05) is 65.2 Å². The number of hydrogen-bond donors (Lipinski definition) is 2. The summed E-state index contributed by atoms with van der Waals surface area (Å²) < 4.78 is 0. The molecule has 24 heavy (non-hydrogen) atoms. The second kappa shape index (κ2) is 11.5. The van der Waals surface area contributed by atoms with Crippen LogP contribution in [0.5, 0.6) is 0 Å². The van der Waals surface area contributed by atoms with Gasteiger partial charge in [-0.25, -0.2) is 0 Å². The smallest absolute Gasteiger partial charge is 0.307 e. The molecule has 4 nitrogen and oxygen atoms in total. The Balaban J connectivity index is 2.84. The van der Waals surface area contributed by atoms with Gasteiger partial charge in [-0.3, -0.25) is 9.59 Å². The molecule has 4 heteroatoms. The summed E-state index contributed by atoms with van der Waals surface area (Å²) in [5, 5.41) is 19.6. The first-order chi connectivity index (χ1) is 11.5. The lowest BCUT2D eigenvalue weighted by molar-refractivity contribution is -0.158. The van der Waals surface area contributed by atoms with E-state index in [-0.39, 0.29) is 11.8 Å². The van der Waals surface area contributed by atoms with Gasteiger partial charge in [0.1, 0.15) is 0 Å². The Bertz CT molecular complexity index is 380. The van der Waals surface area contributed by atoms with Crippen molar-refractivity contribution in [1.29, 1.82) is 0 Å². The molecule has 4 unspecified atom stereocenters. The van der Waals surface area contributed by atoms with Crippen molar-refractivity contribution in [2.24, 2.45) is 23.7 Å². The van der Waals surface area contributed by atoms with E-state index in [1.165, 1.54) is 6.42 Å². The molecule has 4 atom stereocenters. The highest BCUT2D eigenvalue weighted by Gasteiger charge is 2.44. The summed E-state index contributed by atoms with van der Waals surface area (Å²) >= 11 is 0. The SMILES string of the molecule is CCCCCCC1CCCC(CCCCC)C(C(=O)O)C1C(=O)O. The quantitative estimate of drug-likeness (QED) is 0.392. The molecular weight excluding hydrogens is 304 g/mol. The number of carboxylic acids is 2. The van der Waals surface area contributed by atoms with E-state index in [1.54, 1.807) is 0 Å². The molecule has 0 aromatic heterocycles. The molecule has 0 amide bonds. The zero-order valence-electron chi connectivity index (χ0n) is 15.5. The molecule has 1 aliphatic rings. The fourth-order valence-corrected chi connectivity index (χ4v) is 4.44. The van der Waals surface area contributed by atoms with Crippen LogP contribution in [0, 0.1) is 23.7 Å². The van der Waals surface area contributed by atoms with Crippen LogP contribution in [0.1, 0.15) is 90.9 Å². The van der Waals surface area contributed by atoms with E-state index in [2.05, 4.69) is 13.8 Å². The lowest BCUT2D eigenvalue weighted by Crippen LogP contribution is -2.38. The molecule has 0 aliphatic heterocycles. The van der Waals surface area contributed by atoms with Gasteiger partial charge in [-0.05, 0) is 37.5 Å². The summed E-state index contributed by atoms with van der Waals surface area (Å²) in [6.45, 7) is 4.29. The van der Waals surface area contributed by atoms with Crippen molar-refractivity contribution >= 4 is 11.9 Å². The van der Waals surface area contributed by atoms with E-state index < -0.39 is 23.8 Å². The topological polar surface area (TPSA) is 74.6 Å². The van der Waals surface area contributed by atoms with E-state index in [9.17, 15) is 19.8 Å². The zero-order chi connectivity index (χ0) is 17.9. The van der Waals surface area contributed by atoms with Crippen LogP contribution in [-0.4, -0.2) is 22.2 Å². The Morgan fingerprint density at radius 3 is 1.58 bits per heavy atom. The van der Waals surface area contributed by atoms with Gasteiger partial charge in [0.25, 0.3) is 0 Å². The standard InChI is InChI=1S/C20H36O4/c1-3-5-7-9-12-16-14-10-13-15(11-8-6-4-2)17(19(21)22)18(16)20(23)24/h15-18H,3-14H2,1-2H3,(H,21,22)(H,23,24). The van der Waals surface area contributed by atoms with Crippen molar-refractivity contribution in [3.8, 4) is 0 Å². The predicted octanol–water partition coefficient (Wildman–Crippen LogP) is 5.36. The molecule has 2 N–H and O–H groups in total. The van der Waals surface area contributed by atoms with E-state index in [4.69, 9.17) is 0 Å². The van der Waals surface area contributed by atoms with Crippen LogP contribution in [0.3, 0.4) is 0 Å². The van der Waals surface area contributed by atoms with Crippen LogP contribution in [0.15, 0.2) is 0 Å². The lowest BCUT2D eigenvalue weighted by atomic mass is 9.73. The highest BCUT2D eigenvalue weighted by Crippen LogP contribution is 2.42. The molecule has 140 valence electrons. The third-order valence-electron chi connectivity index (χ3n) is 5.73. The Morgan fingerprint density at radius 2 is 1.17 bits per heavy atom. The fourth-order valence-electron chi connectivity index (χ4n) is 4.44. The van der Waals surface area contributed by atoms with Crippen LogP contribution in [-0.2, 0) is 9.59 Å². The first-order valence-corrected chi connectivity index (χ1v) is 9.98. The monoisotopic (exact) mass is 340 g/mol. The van der Waals surface area contributed by atoms with Crippen molar-refractivity contribution in [2.75, 3.05) is 0 Å². The number of hydrogen-bond acceptors (Lipinski definition) is 2. The number of carboxylic acid groups (broad SMARTS) is 2. The van der Waals surface area contributed by atoms with Crippen molar-refractivity contribution in [1.82, 2.24) is 0 Å². The minimum atomic E-state index is -0.899. The van der Waals surface area contributed by atoms with Gasteiger partial charge >= 0.3 is 11.9 Å². The highest BCUT2D eigenvalue weighted by molar-refractivity contribution is 5.80. The van der Waals surface area contributed by atoms with Gasteiger partial charge in [0.15, 0.2) is 0 Å². The highest BCUT2D eigenvalue weighted by atomic mass is 16.4. The van der Waals surface area contributed by atoms with Crippen molar-refractivity contribution in [3.63, 3.8) is 0 Å². The molecule has 0 aromatic carbocycles. The van der Waals surface area contributed by atoms with Gasteiger partial charge in [-0.15, -0.1) is 0 Å². The van der Waals surface area contributed by atoms with E-state index in [0.717, 1.165) is 70.6 Å². The van der Waals surface area contributed by atoms with E-state index in [1.807, 2.05) is 0 Å². The minimum Gasteiger partial charge on any atom is -0.481 e. The summed E-state index contributed by atoms with van der Waals surface area (Å²) in [6, 6.07) is 0. The fraction of sp³-hybridized carbons (Fsp3) is 0.900. The molecule has 0 bridgehead atoms. The molecule has 1 aliphatic carbocycles. The van der Waals surface area contributed by atoms with Crippen LogP contribution in [0.4, 0.5) is 0 Å². The molecule has 0 radical (unpaired) electrons. The van der Waals surface area contributed by atoms with Crippen LogP contribution < -0.4 is 0 Å². The van der Waals surface area contributed by atoms with Gasteiger partial charge < -0.3 is 10.2 Å². The van der Waals surface area contributed by atoms with Crippen LogP contribution in [0.2, 0.25) is 0 Å². The number of aliphatic carboxylic acids is 2. The Labute approximate surface area is 147 Å². The first kappa shape index (κ1) is 21.0. The maximum absolute atomic E-state index is 11.9.